The van der Waals surface area contributed by atoms with Crippen LogP contribution in [0.1, 0.15) is 25.7 Å². The van der Waals surface area contributed by atoms with E-state index in [4.69, 9.17) is 0 Å². The summed E-state index contributed by atoms with van der Waals surface area (Å²) in [7, 11) is 0. The minimum absolute atomic E-state index is 0.451. The Morgan fingerprint density at radius 3 is 2.70 bits per heavy atom. The molecule has 10 heavy (non-hydrogen) atoms. The molecule has 1 aliphatic rings. The SMILES string of the molecule is CSCCC(=O)C1CCC1. The van der Waals surface area contributed by atoms with Gasteiger partial charge in [-0.25, -0.2) is 0 Å². The zero-order chi connectivity index (χ0) is 7.40. The molecule has 0 spiro atoms. The Kier molecular flexibility index (Phi) is 3.26. The summed E-state index contributed by atoms with van der Waals surface area (Å²) in [5.41, 5.74) is 0. The molecule has 1 nitrogen and oxygen atoms in total. The fourth-order valence-electron chi connectivity index (χ4n) is 1.14. The highest BCUT2D eigenvalue weighted by atomic mass is 32.2. The first-order valence-electron chi connectivity index (χ1n) is 3.86. The Hall–Kier alpha value is 0.0200. The van der Waals surface area contributed by atoms with Gasteiger partial charge in [0, 0.05) is 12.3 Å². The molecule has 1 fully saturated rings. The molecule has 1 rings (SSSR count). The lowest BCUT2D eigenvalue weighted by Gasteiger charge is -2.23. The molecule has 58 valence electrons. The smallest absolute Gasteiger partial charge is 0.136 e. The lowest BCUT2D eigenvalue weighted by molar-refractivity contribution is -0.124. The van der Waals surface area contributed by atoms with E-state index in [1.54, 1.807) is 11.8 Å². The van der Waals surface area contributed by atoms with Crippen molar-refractivity contribution in [3.8, 4) is 0 Å². The van der Waals surface area contributed by atoms with E-state index >= 15 is 0 Å². The topological polar surface area (TPSA) is 17.1 Å². The van der Waals surface area contributed by atoms with Gasteiger partial charge in [-0.2, -0.15) is 11.8 Å². The molecule has 0 aromatic rings. The number of rotatable bonds is 4. The molecule has 2 heteroatoms. The number of ketones is 1. The largest absolute Gasteiger partial charge is 0.299 e. The van der Waals surface area contributed by atoms with Crippen molar-refractivity contribution in [1.29, 1.82) is 0 Å². The minimum Gasteiger partial charge on any atom is -0.299 e. The van der Waals surface area contributed by atoms with Crippen molar-refractivity contribution < 1.29 is 4.79 Å². The Labute approximate surface area is 66.6 Å². The molecule has 1 aliphatic carbocycles. The molecule has 0 atom stereocenters. The van der Waals surface area contributed by atoms with Crippen LogP contribution in [0.3, 0.4) is 0 Å². The summed E-state index contributed by atoms with van der Waals surface area (Å²) in [4.78, 5) is 11.2. The zero-order valence-electron chi connectivity index (χ0n) is 6.43. The third-order valence-electron chi connectivity index (χ3n) is 2.11. The molecule has 0 N–H and O–H groups in total. The molecule has 0 heterocycles. The maximum Gasteiger partial charge on any atom is 0.136 e. The monoisotopic (exact) mass is 158 g/mol. The van der Waals surface area contributed by atoms with Crippen LogP contribution >= 0.6 is 11.8 Å². The van der Waals surface area contributed by atoms with Crippen LogP contribution in [0.5, 0.6) is 0 Å². The van der Waals surface area contributed by atoms with Gasteiger partial charge in [0.1, 0.15) is 5.78 Å². The van der Waals surface area contributed by atoms with Crippen LogP contribution in [0, 0.1) is 5.92 Å². The normalized spacial score (nSPS) is 18.5. The average Bonchev–Trinajstić information content (AvgIpc) is 1.79. The van der Waals surface area contributed by atoms with Gasteiger partial charge in [-0.1, -0.05) is 6.42 Å². The van der Waals surface area contributed by atoms with Gasteiger partial charge in [-0.05, 0) is 24.9 Å². The number of Topliss-reactive ketones (excluding diaryl/α,β-unsaturated/α-hetero) is 1. The summed E-state index contributed by atoms with van der Waals surface area (Å²) in [5.74, 6) is 1.96. The second-order valence-corrected chi connectivity index (χ2v) is 3.82. The van der Waals surface area contributed by atoms with Crippen LogP contribution in [-0.4, -0.2) is 17.8 Å². The molecule has 0 saturated heterocycles. The third kappa shape index (κ3) is 2.01. The summed E-state index contributed by atoms with van der Waals surface area (Å²) >= 11 is 1.76. The molecule has 0 bridgehead atoms. The van der Waals surface area contributed by atoms with Gasteiger partial charge in [-0.3, -0.25) is 4.79 Å². The Bertz CT molecular complexity index is 118. The first-order valence-corrected chi connectivity index (χ1v) is 5.25. The van der Waals surface area contributed by atoms with E-state index in [-0.39, 0.29) is 0 Å². The van der Waals surface area contributed by atoms with Crippen LogP contribution in [0.25, 0.3) is 0 Å². The van der Waals surface area contributed by atoms with E-state index in [9.17, 15) is 4.79 Å². The van der Waals surface area contributed by atoms with Crippen LogP contribution in [0.4, 0.5) is 0 Å². The van der Waals surface area contributed by atoms with Gasteiger partial charge in [0.15, 0.2) is 0 Å². The van der Waals surface area contributed by atoms with Crippen molar-refractivity contribution in [2.75, 3.05) is 12.0 Å². The third-order valence-corrected chi connectivity index (χ3v) is 2.73. The summed E-state index contributed by atoms with van der Waals surface area (Å²) in [6.07, 6.45) is 6.44. The van der Waals surface area contributed by atoms with Crippen LogP contribution in [-0.2, 0) is 4.79 Å². The first kappa shape index (κ1) is 8.12. The lowest BCUT2D eigenvalue weighted by atomic mass is 9.81. The molecule has 0 aromatic carbocycles. The van der Waals surface area contributed by atoms with Gasteiger partial charge < -0.3 is 0 Å². The number of hydrogen-bond acceptors (Lipinski definition) is 2. The van der Waals surface area contributed by atoms with E-state index < -0.39 is 0 Å². The van der Waals surface area contributed by atoms with Gasteiger partial charge >= 0.3 is 0 Å². The summed E-state index contributed by atoms with van der Waals surface area (Å²) in [5, 5.41) is 0. The maximum atomic E-state index is 11.2. The van der Waals surface area contributed by atoms with Crippen molar-refractivity contribution in [2.45, 2.75) is 25.7 Å². The van der Waals surface area contributed by atoms with Gasteiger partial charge in [0.25, 0.3) is 0 Å². The van der Waals surface area contributed by atoms with Gasteiger partial charge in [0.2, 0.25) is 0 Å². The molecule has 0 amide bonds. The van der Waals surface area contributed by atoms with Crippen LogP contribution in [0.2, 0.25) is 0 Å². The molecular formula is C8H14OS. The predicted octanol–water partition coefficient (Wildman–Crippen LogP) is 2.11. The second kappa shape index (κ2) is 4.02. The van der Waals surface area contributed by atoms with E-state index in [0.29, 0.717) is 11.7 Å². The van der Waals surface area contributed by atoms with Crippen molar-refractivity contribution in [3.63, 3.8) is 0 Å². The number of thioether (sulfide) groups is 1. The molecule has 0 aromatic heterocycles. The van der Waals surface area contributed by atoms with Crippen LogP contribution in [0.15, 0.2) is 0 Å². The van der Waals surface area contributed by atoms with E-state index in [1.807, 2.05) is 6.26 Å². The highest BCUT2D eigenvalue weighted by Crippen LogP contribution is 2.28. The Morgan fingerprint density at radius 2 is 2.30 bits per heavy atom. The van der Waals surface area contributed by atoms with Gasteiger partial charge in [-0.15, -0.1) is 0 Å². The average molecular weight is 158 g/mol. The molecule has 1 saturated carbocycles. The lowest BCUT2D eigenvalue weighted by Crippen LogP contribution is -2.21. The highest BCUT2D eigenvalue weighted by Gasteiger charge is 2.23. The number of carbonyl (C=O) groups excluding carboxylic acids is 1. The minimum atomic E-state index is 0.451. The standard InChI is InChI=1S/C8H14OS/c1-10-6-5-8(9)7-3-2-4-7/h7H,2-6H2,1H3. The molecule has 0 aliphatic heterocycles. The fraction of sp³-hybridized carbons (Fsp3) is 0.875. The summed E-state index contributed by atoms with van der Waals surface area (Å²) < 4.78 is 0. The second-order valence-electron chi connectivity index (χ2n) is 2.84. The maximum absolute atomic E-state index is 11.2. The summed E-state index contributed by atoms with van der Waals surface area (Å²) in [6.45, 7) is 0. The Morgan fingerprint density at radius 1 is 1.60 bits per heavy atom. The fourth-order valence-corrected chi connectivity index (χ4v) is 1.54. The van der Waals surface area contributed by atoms with E-state index in [1.165, 1.54) is 6.42 Å². The van der Waals surface area contributed by atoms with E-state index in [2.05, 4.69) is 0 Å². The van der Waals surface area contributed by atoms with Crippen molar-refractivity contribution >= 4 is 17.5 Å². The highest BCUT2D eigenvalue weighted by molar-refractivity contribution is 7.98. The van der Waals surface area contributed by atoms with Gasteiger partial charge in [0.05, 0.1) is 0 Å². The number of carbonyl (C=O) groups is 1. The Balaban J connectivity index is 2.08. The zero-order valence-corrected chi connectivity index (χ0v) is 7.25. The van der Waals surface area contributed by atoms with Crippen molar-refractivity contribution in [2.24, 2.45) is 5.92 Å². The van der Waals surface area contributed by atoms with Crippen molar-refractivity contribution in [3.05, 3.63) is 0 Å². The van der Waals surface area contributed by atoms with E-state index in [0.717, 1.165) is 25.0 Å². The molecule has 0 radical (unpaired) electrons. The quantitative estimate of drug-likeness (QED) is 0.623. The number of hydrogen-bond donors (Lipinski definition) is 0. The predicted molar refractivity (Wildman–Crippen MR) is 45.3 cm³/mol. The summed E-state index contributed by atoms with van der Waals surface area (Å²) in [6, 6.07) is 0. The van der Waals surface area contributed by atoms with Crippen LogP contribution < -0.4 is 0 Å². The molecule has 0 unspecified atom stereocenters. The molecular weight excluding hydrogens is 144 g/mol. The first-order chi connectivity index (χ1) is 4.84. The van der Waals surface area contributed by atoms with Crippen molar-refractivity contribution in [1.82, 2.24) is 0 Å².